The molecule has 1 aromatic heterocycles. The van der Waals surface area contributed by atoms with Gasteiger partial charge in [-0.05, 0) is 75.9 Å². The lowest BCUT2D eigenvalue weighted by molar-refractivity contribution is -0.128. The summed E-state index contributed by atoms with van der Waals surface area (Å²) in [6.45, 7) is 1.68. The molecule has 5 heteroatoms. The van der Waals surface area contributed by atoms with E-state index in [0.717, 1.165) is 58.0 Å². The molecule has 3 fully saturated rings. The van der Waals surface area contributed by atoms with Crippen molar-refractivity contribution in [1.29, 1.82) is 5.26 Å². The molecule has 1 saturated heterocycles. The number of carbonyl (C=O) groups is 1. The maximum atomic E-state index is 12.7. The van der Waals surface area contributed by atoms with Gasteiger partial charge in [-0.15, -0.1) is 11.3 Å². The van der Waals surface area contributed by atoms with Gasteiger partial charge in [0, 0.05) is 24.4 Å². The molecular weight excluding hydrogens is 354 g/mol. The van der Waals surface area contributed by atoms with Crippen molar-refractivity contribution in [2.75, 3.05) is 27.2 Å². The molecule has 0 N–H and O–H groups in total. The van der Waals surface area contributed by atoms with Gasteiger partial charge in [0.05, 0.1) is 17.0 Å². The van der Waals surface area contributed by atoms with Gasteiger partial charge in [-0.3, -0.25) is 9.69 Å². The van der Waals surface area contributed by atoms with Crippen LogP contribution in [-0.2, 0) is 10.3 Å². The highest BCUT2D eigenvalue weighted by molar-refractivity contribution is 7.10. The molecule has 2 aliphatic carbocycles. The van der Waals surface area contributed by atoms with Gasteiger partial charge in [0.2, 0.25) is 5.91 Å². The van der Waals surface area contributed by atoms with Gasteiger partial charge in [-0.1, -0.05) is 12.5 Å². The van der Waals surface area contributed by atoms with Crippen LogP contribution in [0.3, 0.4) is 0 Å². The lowest BCUT2D eigenvalue weighted by atomic mass is 9.66. The predicted molar refractivity (Wildman–Crippen MR) is 108 cm³/mol. The van der Waals surface area contributed by atoms with Gasteiger partial charge in [-0.25, -0.2) is 0 Å². The fourth-order valence-corrected chi connectivity index (χ4v) is 6.61. The molecule has 2 heterocycles. The zero-order valence-electron chi connectivity index (χ0n) is 16.7. The van der Waals surface area contributed by atoms with E-state index in [1.54, 1.807) is 0 Å². The van der Waals surface area contributed by atoms with Gasteiger partial charge in [0.15, 0.2) is 0 Å². The van der Waals surface area contributed by atoms with Gasteiger partial charge in [-0.2, -0.15) is 5.26 Å². The fraction of sp³-hybridized carbons (Fsp3) is 0.727. The van der Waals surface area contributed by atoms with Crippen LogP contribution in [0.15, 0.2) is 17.5 Å². The number of nitriles is 1. The number of carbonyl (C=O) groups excluding carboxylic acids is 1. The second-order valence-corrected chi connectivity index (χ2v) is 10.3. The molecule has 27 heavy (non-hydrogen) atoms. The zero-order chi connectivity index (χ0) is 19.1. The number of amides is 1. The van der Waals surface area contributed by atoms with Crippen molar-refractivity contribution in [2.45, 2.75) is 63.3 Å². The van der Waals surface area contributed by atoms with Crippen LogP contribution in [0.2, 0.25) is 0 Å². The monoisotopic (exact) mass is 385 g/mol. The van der Waals surface area contributed by atoms with Crippen molar-refractivity contribution in [3.05, 3.63) is 22.4 Å². The number of hydrogen-bond donors (Lipinski definition) is 0. The van der Waals surface area contributed by atoms with E-state index in [0.29, 0.717) is 12.3 Å². The average Bonchev–Trinajstić information content (AvgIpc) is 3.25. The van der Waals surface area contributed by atoms with Crippen LogP contribution in [0.1, 0.15) is 62.7 Å². The molecule has 0 atom stereocenters. The minimum Gasteiger partial charge on any atom is -0.342 e. The molecule has 1 spiro atoms. The Bertz CT molecular complexity index is 721. The van der Waals surface area contributed by atoms with Crippen LogP contribution in [0.4, 0.5) is 0 Å². The minimum atomic E-state index is -0.137. The number of thiophene rings is 1. The topological polar surface area (TPSA) is 47.3 Å². The summed E-state index contributed by atoms with van der Waals surface area (Å²) < 4.78 is 0. The minimum absolute atomic E-state index is 0.132. The first kappa shape index (κ1) is 19.0. The first-order valence-corrected chi connectivity index (χ1v) is 11.2. The summed E-state index contributed by atoms with van der Waals surface area (Å²) in [5.74, 6) is 0.316. The third-order valence-electron chi connectivity index (χ3n) is 7.79. The molecule has 0 aromatic carbocycles. The van der Waals surface area contributed by atoms with Crippen LogP contribution < -0.4 is 0 Å². The molecule has 1 aromatic rings. The maximum Gasteiger partial charge on any atom is 0.223 e. The lowest BCUT2D eigenvalue weighted by Crippen LogP contribution is -2.47. The molecule has 1 aliphatic heterocycles. The number of nitrogens with zero attached hydrogens (tertiary/aromatic N) is 3. The maximum absolute atomic E-state index is 12.7. The summed E-state index contributed by atoms with van der Waals surface area (Å²) in [7, 11) is 4.40. The zero-order valence-corrected chi connectivity index (χ0v) is 17.5. The van der Waals surface area contributed by atoms with Gasteiger partial charge in [0.25, 0.3) is 0 Å². The van der Waals surface area contributed by atoms with Crippen LogP contribution in [-0.4, -0.2) is 42.9 Å². The highest BCUT2D eigenvalue weighted by atomic mass is 32.1. The number of likely N-dealkylation sites (tertiary alicyclic amines) is 1. The van der Waals surface area contributed by atoms with Gasteiger partial charge in [0.1, 0.15) is 0 Å². The molecule has 0 bridgehead atoms. The third-order valence-corrected chi connectivity index (χ3v) is 8.85. The number of rotatable bonds is 5. The van der Waals surface area contributed by atoms with Crippen LogP contribution in [0, 0.1) is 22.2 Å². The standard InChI is InChI=1S/C22H31N3OS/c1-24(2)22(18-5-3-14-27-18)10-8-21(9-11-22)15-19(26)25(17-21)13-12-20(16-23)6-4-7-20/h3,5,14H,4,6-13,15,17H2,1-2H3. The second kappa shape index (κ2) is 6.90. The third kappa shape index (κ3) is 3.21. The fourth-order valence-electron chi connectivity index (χ4n) is 5.54. The Kier molecular flexibility index (Phi) is 4.84. The summed E-state index contributed by atoms with van der Waals surface area (Å²) in [5, 5.41) is 11.6. The molecule has 0 radical (unpaired) electrons. The normalized spacial score (nSPS) is 32.7. The molecule has 2 saturated carbocycles. The second-order valence-electron chi connectivity index (χ2n) is 9.39. The average molecular weight is 386 g/mol. The van der Waals surface area contributed by atoms with Crippen LogP contribution in [0.25, 0.3) is 0 Å². The van der Waals surface area contributed by atoms with Gasteiger partial charge >= 0.3 is 0 Å². The van der Waals surface area contributed by atoms with Gasteiger partial charge < -0.3 is 4.90 Å². The van der Waals surface area contributed by atoms with Crippen molar-refractivity contribution in [3.8, 4) is 6.07 Å². The van der Waals surface area contributed by atoms with E-state index in [-0.39, 0.29) is 16.4 Å². The van der Waals surface area contributed by atoms with Crippen molar-refractivity contribution in [2.24, 2.45) is 10.8 Å². The van der Waals surface area contributed by atoms with E-state index in [2.05, 4.69) is 47.5 Å². The van der Waals surface area contributed by atoms with Crippen molar-refractivity contribution in [3.63, 3.8) is 0 Å². The summed E-state index contributed by atoms with van der Waals surface area (Å²) in [4.78, 5) is 18.7. The molecule has 3 aliphatic rings. The first-order chi connectivity index (χ1) is 12.9. The summed E-state index contributed by atoms with van der Waals surface area (Å²) >= 11 is 1.86. The highest BCUT2D eigenvalue weighted by Gasteiger charge is 2.50. The summed E-state index contributed by atoms with van der Waals surface area (Å²) in [6, 6.07) is 6.95. The Balaban J connectivity index is 1.41. The SMILES string of the molecule is CN(C)C1(c2cccs2)CCC2(CC1)CC(=O)N(CCC1(C#N)CCC1)C2. The molecular formula is C22H31N3OS. The van der Waals surface area contributed by atoms with Crippen LogP contribution >= 0.6 is 11.3 Å². The van der Waals surface area contributed by atoms with Crippen molar-refractivity contribution < 1.29 is 4.79 Å². The van der Waals surface area contributed by atoms with E-state index < -0.39 is 0 Å². The van der Waals surface area contributed by atoms with Crippen molar-refractivity contribution >= 4 is 17.2 Å². The van der Waals surface area contributed by atoms with E-state index >= 15 is 0 Å². The number of hydrogen-bond acceptors (Lipinski definition) is 4. The first-order valence-electron chi connectivity index (χ1n) is 10.3. The molecule has 0 unspecified atom stereocenters. The Morgan fingerprint density at radius 1 is 1.22 bits per heavy atom. The Morgan fingerprint density at radius 2 is 1.96 bits per heavy atom. The van der Waals surface area contributed by atoms with E-state index in [1.165, 1.54) is 11.3 Å². The van der Waals surface area contributed by atoms with Crippen molar-refractivity contribution in [1.82, 2.24) is 9.80 Å². The van der Waals surface area contributed by atoms with E-state index in [9.17, 15) is 10.1 Å². The Morgan fingerprint density at radius 3 is 2.48 bits per heavy atom. The molecule has 4 nitrogen and oxygen atoms in total. The Hall–Kier alpha value is -1.38. The summed E-state index contributed by atoms with van der Waals surface area (Å²) in [5.41, 5.74) is 0.155. The molecule has 1 amide bonds. The summed E-state index contributed by atoms with van der Waals surface area (Å²) in [6.07, 6.45) is 9.27. The van der Waals surface area contributed by atoms with E-state index in [1.807, 2.05) is 11.3 Å². The molecule has 146 valence electrons. The highest BCUT2D eigenvalue weighted by Crippen LogP contribution is 2.53. The quantitative estimate of drug-likeness (QED) is 0.755. The smallest absolute Gasteiger partial charge is 0.223 e. The van der Waals surface area contributed by atoms with E-state index in [4.69, 9.17) is 0 Å². The largest absolute Gasteiger partial charge is 0.342 e. The lowest BCUT2D eigenvalue weighted by Gasteiger charge is -2.48. The van der Waals surface area contributed by atoms with Crippen LogP contribution in [0.5, 0.6) is 0 Å². The Labute approximate surface area is 167 Å². The molecule has 4 rings (SSSR count). The predicted octanol–water partition coefficient (Wildman–Crippen LogP) is 4.38.